The summed E-state index contributed by atoms with van der Waals surface area (Å²) in [5.41, 5.74) is 1.09. The highest BCUT2D eigenvalue weighted by Gasteiger charge is 2.35. The number of aromatic nitrogens is 1. The van der Waals surface area contributed by atoms with Crippen LogP contribution in [0.4, 0.5) is 5.82 Å². The minimum atomic E-state index is 0.622. The van der Waals surface area contributed by atoms with Crippen LogP contribution < -0.4 is 4.90 Å². The molecule has 0 aliphatic carbocycles. The molecule has 0 bridgehead atoms. The van der Waals surface area contributed by atoms with E-state index in [9.17, 15) is 0 Å². The van der Waals surface area contributed by atoms with Crippen molar-refractivity contribution in [2.45, 2.75) is 13.0 Å². The number of ether oxygens (including phenoxy) is 1. The van der Waals surface area contributed by atoms with Crippen molar-refractivity contribution in [1.82, 2.24) is 9.88 Å². The third-order valence-electron chi connectivity index (χ3n) is 5.00. The summed E-state index contributed by atoms with van der Waals surface area (Å²) in [5.74, 6) is 1.78. The smallest absolute Gasteiger partial charge is 0.129 e. The third kappa shape index (κ3) is 2.57. The second kappa shape index (κ2) is 5.86. The first-order chi connectivity index (χ1) is 10.8. The van der Waals surface area contributed by atoms with Gasteiger partial charge in [-0.2, -0.15) is 0 Å². The Labute approximate surface area is 131 Å². The number of hydrogen-bond acceptors (Lipinski definition) is 4. The molecule has 0 N–H and O–H groups in total. The molecule has 116 valence electrons. The largest absolute Gasteiger partial charge is 0.379 e. The van der Waals surface area contributed by atoms with Gasteiger partial charge in [0, 0.05) is 37.6 Å². The van der Waals surface area contributed by atoms with Gasteiger partial charge in [0.1, 0.15) is 5.82 Å². The second-order valence-corrected chi connectivity index (χ2v) is 6.46. The summed E-state index contributed by atoms with van der Waals surface area (Å²) < 4.78 is 5.49. The number of fused-ring (bicyclic) bond motifs is 1. The van der Waals surface area contributed by atoms with E-state index in [-0.39, 0.29) is 0 Å². The SMILES string of the molecule is C[C@H]1CN(c2ccc3ccccc3n2)C[C@@H]1N1CCOCC1. The molecular formula is C18H23N3O. The number of nitrogens with zero attached hydrogens (tertiary/aromatic N) is 3. The van der Waals surface area contributed by atoms with Crippen LogP contribution in [0.15, 0.2) is 36.4 Å². The topological polar surface area (TPSA) is 28.6 Å². The Bertz CT molecular complexity index is 654. The Balaban J connectivity index is 1.54. The second-order valence-electron chi connectivity index (χ2n) is 6.46. The zero-order valence-corrected chi connectivity index (χ0v) is 13.1. The standard InChI is InChI=1S/C18H23N3O/c1-14-12-21(13-17(14)20-8-10-22-11-9-20)18-7-6-15-4-2-3-5-16(15)19-18/h2-7,14,17H,8-13H2,1H3/t14-,17-/m0/s1. The van der Waals surface area contributed by atoms with E-state index in [1.807, 2.05) is 0 Å². The van der Waals surface area contributed by atoms with Crippen LogP contribution in [-0.4, -0.2) is 55.3 Å². The van der Waals surface area contributed by atoms with Crippen LogP contribution in [0, 0.1) is 5.92 Å². The molecule has 2 aromatic rings. The Morgan fingerprint density at radius 2 is 1.86 bits per heavy atom. The van der Waals surface area contributed by atoms with Crippen molar-refractivity contribution >= 4 is 16.7 Å². The molecule has 4 nitrogen and oxygen atoms in total. The molecule has 3 heterocycles. The Kier molecular flexibility index (Phi) is 3.72. The van der Waals surface area contributed by atoms with Crippen molar-refractivity contribution < 1.29 is 4.74 Å². The number of morpholine rings is 1. The van der Waals surface area contributed by atoms with Crippen molar-refractivity contribution in [2.24, 2.45) is 5.92 Å². The van der Waals surface area contributed by atoms with Crippen LogP contribution in [0.1, 0.15) is 6.92 Å². The van der Waals surface area contributed by atoms with Gasteiger partial charge in [-0.25, -0.2) is 4.98 Å². The summed E-state index contributed by atoms with van der Waals surface area (Å²) in [4.78, 5) is 9.89. The molecule has 0 spiro atoms. The van der Waals surface area contributed by atoms with Gasteiger partial charge in [0.25, 0.3) is 0 Å². The minimum Gasteiger partial charge on any atom is -0.379 e. The number of hydrogen-bond donors (Lipinski definition) is 0. The van der Waals surface area contributed by atoms with E-state index in [2.05, 4.69) is 53.1 Å². The Morgan fingerprint density at radius 1 is 1.05 bits per heavy atom. The van der Waals surface area contributed by atoms with Crippen molar-refractivity contribution in [2.75, 3.05) is 44.3 Å². The number of para-hydroxylation sites is 1. The first-order valence-corrected chi connectivity index (χ1v) is 8.24. The molecule has 4 rings (SSSR count). The van der Waals surface area contributed by atoms with E-state index in [1.54, 1.807) is 0 Å². The molecule has 2 saturated heterocycles. The highest BCUT2D eigenvalue weighted by molar-refractivity contribution is 5.80. The van der Waals surface area contributed by atoms with E-state index < -0.39 is 0 Å². The number of anilines is 1. The van der Waals surface area contributed by atoms with Crippen molar-refractivity contribution in [3.8, 4) is 0 Å². The maximum Gasteiger partial charge on any atom is 0.129 e. The van der Waals surface area contributed by atoms with Crippen LogP contribution in [0.2, 0.25) is 0 Å². The summed E-state index contributed by atoms with van der Waals surface area (Å²) in [5, 5.41) is 1.21. The van der Waals surface area contributed by atoms with Gasteiger partial charge >= 0.3 is 0 Å². The number of benzene rings is 1. The first-order valence-electron chi connectivity index (χ1n) is 8.24. The van der Waals surface area contributed by atoms with Crippen LogP contribution >= 0.6 is 0 Å². The first kappa shape index (κ1) is 14.0. The fourth-order valence-corrected chi connectivity index (χ4v) is 3.75. The molecule has 0 radical (unpaired) electrons. The van der Waals surface area contributed by atoms with E-state index in [4.69, 9.17) is 9.72 Å². The van der Waals surface area contributed by atoms with Crippen LogP contribution in [-0.2, 0) is 4.74 Å². The van der Waals surface area contributed by atoms with Crippen LogP contribution in [0.3, 0.4) is 0 Å². The summed E-state index contributed by atoms with van der Waals surface area (Å²) in [6.45, 7) is 8.40. The fourth-order valence-electron chi connectivity index (χ4n) is 3.75. The van der Waals surface area contributed by atoms with Gasteiger partial charge in [0.15, 0.2) is 0 Å². The maximum absolute atomic E-state index is 5.49. The molecule has 4 heteroatoms. The Hall–Kier alpha value is -1.65. The monoisotopic (exact) mass is 297 g/mol. The maximum atomic E-state index is 5.49. The highest BCUT2D eigenvalue weighted by atomic mass is 16.5. The normalized spacial score (nSPS) is 26.7. The zero-order chi connectivity index (χ0) is 14.9. The van der Waals surface area contributed by atoms with Gasteiger partial charge in [-0.1, -0.05) is 25.1 Å². The molecule has 1 aromatic heterocycles. The molecule has 1 aromatic carbocycles. The van der Waals surface area contributed by atoms with Gasteiger partial charge < -0.3 is 9.64 Å². The van der Waals surface area contributed by atoms with Crippen molar-refractivity contribution in [3.63, 3.8) is 0 Å². The average Bonchev–Trinajstić information content (AvgIpc) is 2.97. The van der Waals surface area contributed by atoms with Gasteiger partial charge in [0.05, 0.1) is 18.7 Å². The van der Waals surface area contributed by atoms with Gasteiger partial charge in [-0.3, -0.25) is 4.90 Å². The van der Waals surface area contributed by atoms with Gasteiger partial charge in [-0.05, 0) is 24.1 Å². The van der Waals surface area contributed by atoms with E-state index in [0.717, 1.165) is 50.7 Å². The van der Waals surface area contributed by atoms with Gasteiger partial charge in [0.2, 0.25) is 0 Å². The van der Waals surface area contributed by atoms with E-state index >= 15 is 0 Å². The quantitative estimate of drug-likeness (QED) is 0.851. The predicted molar refractivity (Wildman–Crippen MR) is 89.3 cm³/mol. The molecule has 2 aliphatic heterocycles. The fraction of sp³-hybridized carbons (Fsp3) is 0.500. The summed E-state index contributed by atoms with van der Waals surface area (Å²) in [6, 6.07) is 13.3. The third-order valence-corrected chi connectivity index (χ3v) is 5.00. The number of pyridine rings is 1. The van der Waals surface area contributed by atoms with Crippen LogP contribution in [0.25, 0.3) is 10.9 Å². The molecular weight excluding hydrogens is 274 g/mol. The van der Waals surface area contributed by atoms with Crippen LogP contribution in [0.5, 0.6) is 0 Å². The predicted octanol–water partition coefficient (Wildman–Crippen LogP) is 2.39. The molecule has 0 saturated carbocycles. The summed E-state index contributed by atoms with van der Waals surface area (Å²) >= 11 is 0. The molecule has 22 heavy (non-hydrogen) atoms. The molecule has 2 fully saturated rings. The summed E-state index contributed by atoms with van der Waals surface area (Å²) in [6.07, 6.45) is 0. The van der Waals surface area contributed by atoms with Crippen molar-refractivity contribution in [3.05, 3.63) is 36.4 Å². The average molecular weight is 297 g/mol. The Morgan fingerprint density at radius 3 is 2.73 bits per heavy atom. The zero-order valence-electron chi connectivity index (χ0n) is 13.1. The lowest BCUT2D eigenvalue weighted by molar-refractivity contribution is 0.0134. The summed E-state index contributed by atoms with van der Waals surface area (Å²) in [7, 11) is 0. The molecule has 0 amide bonds. The molecule has 2 atom stereocenters. The van der Waals surface area contributed by atoms with Gasteiger partial charge in [-0.15, -0.1) is 0 Å². The lowest BCUT2D eigenvalue weighted by Gasteiger charge is -2.34. The highest BCUT2D eigenvalue weighted by Crippen LogP contribution is 2.27. The molecule has 0 unspecified atom stereocenters. The minimum absolute atomic E-state index is 0.622. The van der Waals surface area contributed by atoms with E-state index in [1.165, 1.54) is 5.39 Å². The molecule has 2 aliphatic rings. The van der Waals surface area contributed by atoms with Crippen molar-refractivity contribution in [1.29, 1.82) is 0 Å². The lowest BCUT2D eigenvalue weighted by atomic mass is 10.0. The lowest BCUT2D eigenvalue weighted by Crippen LogP contribution is -2.46. The van der Waals surface area contributed by atoms with E-state index in [0.29, 0.717) is 12.0 Å². The number of rotatable bonds is 2.